The van der Waals surface area contributed by atoms with Gasteiger partial charge >= 0.3 is 6.01 Å². The topological polar surface area (TPSA) is 80.6 Å². The fourth-order valence-corrected chi connectivity index (χ4v) is 5.07. The van der Waals surface area contributed by atoms with Gasteiger partial charge < -0.3 is 19.5 Å². The number of terminal acetylenes is 1. The summed E-state index contributed by atoms with van der Waals surface area (Å²) in [4.78, 5) is 15.4. The standard InChI is InChI=1S/C26H20F2N4O3/c1-3-16-18(27)8-7-13-10-15(33)11-17(19(13)16)22-21(28)23-20-24(31-26(30-23)34-2)32-9-5-4-6-14(32)12-35-25(20)29-22/h1,7-8,10-11,14,33H,4-6,9,12H2,2H3. The van der Waals surface area contributed by atoms with E-state index in [0.717, 1.165) is 25.8 Å². The third-order valence-electron chi connectivity index (χ3n) is 6.66. The Balaban J connectivity index is 1.71. The largest absolute Gasteiger partial charge is 0.508 e. The maximum Gasteiger partial charge on any atom is 0.318 e. The van der Waals surface area contributed by atoms with E-state index < -0.39 is 11.6 Å². The Morgan fingerprint density at radius 3 is 2.83 bits per heavy atom. The first kappa shape index (κ1) is 21.4. The molecule has 176 valence electrons. The molecule has 0 bridgehead atoms. The number of pyridine rings is 1. The van der Waals surface area contributed by atoms with Crippen LogP contribution in [0.15, 0.2) is 24.3 Å². The van der Waals surface area contributed by atoms with Gasteiger partial charge in [0.05, 0.1) is 18.7 Å². The number of fused-ring (bicyclic) bond motifs is 3. The fourth-order valence-electron chi connectivity index (χ4n) is 5.07. The minimum Gasteiger partial charge on any atom is -0.508 e. The number of methoxy groups -OCH3 is 1. The van der Waals surface area contributed by atoms with Crippen LogP contribution in [0.5, 0.6) is 17.6 Å². The zero-order valence-electron chi connectivity index (χ0n) is 18.8. The highest BCUT2D eigenvalue weighted by Gasteiger charge is 2.34. The number of hydrogen-bond acceptors (Lipinski definition) is 7. The van der Waals surface area contributed by atoms with Crippen molar-refractivity contribution in [1.29, 1.82) is 0 Å². The van der Waals surface area contributed by atoms with Crippen LogP contribution in [0.3, 0.4) is 0 Å². The van der Waals surface area contributed by atoms with Gasteiger partial charge in [0.1, 0.15) is 40.6 Å². The predicted octanol–water partition coefficient (Wildman–Crippen LogP) is 4.57. The van der Waals surface area contributed by atoms with Crippen LogP contribution in [0.25, 0.3) is 32.9 Å². The molecule has 1 N–H and O–H groups in total. The fraction of sp³-hybridized carbons (Fsp3) is 0.269. The number of benzene rings is 2. The van der Waals surface area contributed by atoms with Crippen LogP contribution in [0.1, 0.15) is 24.8 Å². The summed E-state index contributed by atoms with van der Waals surface area (Å²) in [5.41, 5.74) is -0.119. The predicted molar refractivity (Wildman–Crippen MR) is 127 cm³/mol. The van der Waals surface area contributed by atoms with Crippen molar-refractivity contribution in [3.8, 4) is 41.2 Å². The smallest absolute Gasteiger partial charge is 0.318 e. The van der Waals surface area contributed by atoms with E-state index in [1.165, 1.54) is 31.4 Å². The SMILES string of the molecule is C#Cc1c(F)ccc2cc(O)cc(-c3nc4c5c(nc(OC)nc5c3F)N3CCCCC3CO4)c12. The summed E-state index contributed by atoms with van der Waals surface area (Å²) in [6.45, 7) is 1.09. The zero-order chi connectivity index (χ0) is 24.3. The molecule has 4 aromatic rings. The van der Waals surface area contributed by atoms with Crippen molar-refractivity contribution in [1.82, 2.24) is 15.0 Å². The van der Waals surface area contributed by atoms with E-state index in [9.17, 15) is 9.50 Å². The number of rotatable bonds is 2. The molecular formula is C26H20F2N4O3. The van der Waals surface area contributed by atoms with Gasteiger partial charge in [-0.3, -0.25) is 0 Å². The summed E-state index contributed by atoms with van der Waals surface area (Å²) < 4.78 is 42.2. The lowest BCUT2D eigenvalue weighted by Gasteiger charge is -2.34. The van der Waals surface area contributed by atoms with Crippen LogP contribution in [-0.2, 0) is 0 Å². The quantitative estimate of drug-likeness (QED) is 0.426. The molecule has 6 rings (SSSR count). The second-order valence-corrected chi connectivity index (χ2v) is 8.65. The molecule has 1 atom stereocenters. The van der Waals surface area contributed by atoms with Gasteiger partial charge in [0.25, 0.3) is 0 Å². The van der Waals surface area contributed by atoms with E-state index in [2.05, 4.69) is 25.8 Å². The molecule has 7 nitrogen and oxygen atoms in total. The summed E-state index contributed by atoms with van der Waals surface area (Å²) in [6, 6.07) is 5.49. The summed E-state index contributed by atoms with van der Waals surface area (Å²) in [5.74, 6) is 1.47. The normalized spacial score (nSPS) is 17.0. The van der Waals surface area contributed by atoms with Crippen molar-refractivity contribution in [2.75, 3.05) is 25.2 Å². The Labute approximate surface area is 199 Å². The third-order valence-corrected chi connectivity index (χ3v) is 6.66. The van der Waals surface area contributed by atoms with Gasteiger partial charge in [0, 0.05) is 17.5 Å². The average molecular weight is 474 g/mol. The minimum atomic E-state index is -0.774. The number of piperidine rings is 1. The third kappa shape index (κ3) is 3.21. The van der Waals surface area contributed by atoms with Crippen LogP contribution in [0, 0.1) is 24.0 Å². The highest BCUT2D eigenvalue weighted by atomic mass is 19.1. The van der Waals surface area contributed by atoms with Crippen molar-refractivity contribution >= 4 is 27.5 Å². The van der Waals surface area contributed by atoms with E-state index in [-0.39, 0.29) is 51.4 Å². The first-order valence-electron chi connectivity index (χ1n) is 11.3. The molecule has 2 aromatic heterocycles. The molecule has 0 saturated carbocycles. The summed E-state index contributed by atoms with van der Waals surface area (Å²) in [5, 5.41) is 11.4. The summed E-state index contributed by atoms with van der Waals surface area (Å²) in [7, 11) is 1.42. The van der Waals surface area contributed by atoms with Crippen molar-refractivity contribution in [3.05, 3.63) is 41.5 Å². The Kier molecular flexibility index (Phi) is 4.85. The van der Waals surface area contributed by atoms with Gasteiger partial charge in [0.2, 0.25) is 5.88 Å². The average Bonchev–Trinajstić information content (AvgIpc) is 3.03. The molecule has 1 saturated heterocycles. The lowest BCUT2D eigenvalue weighted by atomic mass is 9.95. The Hall–Kier alpha value is -4.19. The van der Waals surface area contributed by atoms with E-state index >= 15 is 4.39 Å². The van der Waals surface area contributed by atoms with Gasteiger partial charge in [-0.05, 0) is 42.8 Å². The molecule has 0 radical (unpaired) electrons. The Morgan fingerprint density at radius 2 is 2.03 bits per heavy atom. The van der Waals surface area contributed by atoms with Crippen LogP contribution in [-0.4, -0.2) is 46.4 Å². The lowest BCUT2D eigenvalue weighted by Crippen LogP contribution is -2.42. The molecular weight excluding hydrogens is 454 g/mol. The maximum absolute atomic E-state index is 16.2. The van der Waals surface area contributed by atoms with Gasteiger partial charge in [-0.25, -0.2) is 13.8 Å². The summed E-state index contributed by atoms with van der Waals surface area (Å²) >= 11 is 0. The van der Waals surface area contributed by atoms with Crippen LogP contribution >= 0.6 is 0 Å². The number of nitrogens with zero attached hydrogens (tertiary/aromatic N) is 4. The minimum absolute atomic E-state index is 0.0110. The molecule has 9 heteroatoms. The molecule has 0 amide bonds. The molecule has 0 spiro atoms. The molecule has 4 heterocycles. The molecule has 0 aliphatic carbocycles. The number of aromatic hydroxyl groups is 1. The number of phenols is 1. The van der Waals surface area contributed by atoms with Gasteiger partial charge in [-0.15, -0.1) is 6.42 Å². The van der Waals surface area contributed by atoms with Crippen LogP contribution in [0.4, 0.5) is 14.6 Å². The second kappa shape index (κ2) is 7.94. The van der Waals surface area contributed by atoms with Crippen molar-refractivity contribution in [2.24, 2.45) is 0 Å². The molecule has 1 fully saturated rings. The zero-order valence-corrected chi connectivity index (χ0v) is 18.8. The molecule has 1 unspecified atom stereocenters. The highest BCUT2D eigenvalue weighted by Crippen LogP contribution is 2.43. The van der Waals surface area contributed by atoms with E-state index in [1.54, 1.807) is 0 Å². The lowest BCUT2D eigenvalue weighted by molar-refractivity contribution is 0.259. The maximum atomic E-state index is 16.2. The van der Waals surface area contributed by atoms with Crippen molar-refractivity contribution in [2.45, 2.75) is 25.3 Å². The van der Waals surface area contributed by atoms with Gasteiger partial charge in [-0.1, -0.05) is 12.0 Å². The Bertz CT molecular complexity index is 1570. The molecule has 2 aliphatic rings. The molecule has 35 heavy (non-hydrogen) atoms. The van der Waals surface area contributed by atoms with Crippen LogP contribution < -0.4 is 14.4 Å². The van der Waals surface area contributed by atoms with E-state index in [0.29, 0.717) is 23.2 Å². The first-order chi connectivity index (χ1) is 17.0. The molecule has 2 aromatic carbocycles. The number of ether oxygens (including phenoxy) is 2. The monoisotopic (exact) mass is 474 g/mol. The number of anilines is 1. The van der Waals surface area contributed by atoms with Crippen molar-refractivity contribution < 1.29 is 23.4 Å². The van der Waals surface area contributed by atoms with E-state index in [1.807, 2.05) is 0 Å². The Morgan fingerprint density at radius 1 is 1.17 bits per heavy atom. The second-order valence-electron chi connectivity index (χ2n) is 8.65. The van der Waals surface area contributed by atoms with Crippen LogP contribution in [0.2, 0.25) is 0 Å². The van der Waals surface area contributed by atoms with Crippen molar-refractivity contribution in [3.63, 3.8) is 0 Å². The number of halogens is 2. The van der Waals surface area contributed by atoms with E-state index in [4.69, 9.17) is 15.9 Å². The molecule has 2 aliphatic heterocycles. The highest BCUT2D eigenvalue weighted by molar-refractivity contribution is 6.04. The number of aromatic nitrogens is 3. The van der Waals surface area contributed by atoms with Gasteiger partial charge in [-0.2, -0.15) is 9.97 Å². The number of phenolic OH excluding ortho intramolecular Hbond substituents is 1. The number of hydrogen-bond donors (Lipinski definition) is 1. The first-order valence-corrected chi connectivity index (χ1v) is 11.3. The summed E-state index contributed by atoms with van der Waals surface area (Å²) in [6.07, 6.45) is 8.54. The van der Waals surface area contributed by atoms with Gasteiger partial charge in [0.15, 0.2) is 5.82 Å².